The molecule has 2 heterocycles. The molecule has 4 nitrogen and oxygen atoms in total. The second kappa shape index (κ2) is 15.1. The maximum atomic E-state index is 6.75. The van der Waals surface area contributed by atoms with Gasteiger partial charge in [-0.3, -0.25) is 0 Å². The molecule has 0 saturated carbocycles. The molecule has 0 saturated heterocycles. The fraction of sp³-hybridized carbons (Fsp3) is 0.194. The van der Waals surface area contributed by atoms with Crippen molar-refractivity contribution >= 4 is 99.5 Å². The van der Waals surface area contributed by atoms with Crippen molar-refractivity contribution < 1.29 is 8.83 Å². The maximum absolute atomic E-state index is 6.75. The highest BCUT2D eigenvalue weighted by atomic mass is 16.3. The zero-order valence-corrected chi connectivity index (χ0v) is 40.3. The standard InChI is InChI=1S/C62H56N2O2/c1-33-19-51(20-34(2)41(33)9)63(52-21-35(3)42(10)36(4)22-52)49-15-13-45-29-55-59(31-47(45)27-49)65-57-17-18-58-62(61(55)57)56-30-46-14-16-50(28-48(46)32-60(56)66-58)64(53-23-37(5)43(11)38(6)24-53)54-25-39(7)44(12)40(8)26-54/h13-32H,1-12H3. The van der Waals surface area contributed by atoms with Crippen LogP contribution in [-0.4, -0.2) is 0 Å². The third-order valence-electron chi connectivity index (χ3n) is 15.1. The van der Waals surface area contributed by atoms with E-state index in [4.69, 9.17) is 8.83 Å². The van der Waals surface area contributed by atoms with Crippen molar-refractivity contribution in [3.63, 3.8) is 0 Å². The summed E-state index contributed by atoms with van der Waals surface area (Å²) in [5.41, 5.74) is 25.9. The van der Waals surface area contributed by atoms with Crippen LogP contribution < -0.4 is 9.80 Å². The van der Waals surface area contributed by atoms with Gasteiger partial charge in [0.2, 0.25) is 0 Å². The normalized spacial score (nSPS) is 11.9. The lowest BCUT2D eigenvalue weighted by atomic mass is 9.98. The molecular formula is C62H56N2O2. The third kappa shape index (κ3) is 6.56. The van der Waals surface area contributed by atoms with Gasteiger partial charge in [0.15, 0.2) is 0 Å². The highest BCUT2D eigenvalue weighted by Gasteiger charge is 2.22. The first kappa shape index (κ1) is 41.4. The Morgan fingerprint density at radius 1 is 0.258 bits per heavy atom. The van der Waals surface area contributed by atoms with Gasteiger partial charge in [-0.2, -0.15) is 0 Å². The van der Waals surface area contributed by atoms with Gasteiger partial charge in [0, 0.05) is 55.7 Å². The molecule has 11 rings (SSSR count). The highest BCUT2D eigenvalue weighted by molar-refractivity contribution is 6.28. The van der Waals surface area contributed by atoms with Crippen molar-refractivity contribution in [3.8, 4) is 0 Å². The fourth-order valence-electron chi connectivity index (χ4n) is 10.3. The summed E-state index contributed by atoms with van der Waals surface area (Å²) < 4.78 is 13.5. The van der Waals surface area contributed by atoms with Crippen LogP contribution in [0.4, 0.5) is 34.1 Å². The minimum atomic E-state index is 0.854. The van der Waals surface area contributed by atoms with Crippen LogP contribution >= 0.6 is 0 Å². The summed E-state index contributed by atoms with van der Waals surface area (Å²) in [4.78, 5) is 4.81. The van der Waals surface area contributed by atoms with Gasteiger partial charge in [-0.05, 0) is 281 Å². The molecule has 0 amide bonds. The Labute approximate surface area is 387 Å². The van der Waals surface area contributed by atoms with Gasteiger partial charge in [-0.25, -0.2) is 0 Å². The lowest BCUT2D eigenvalue weighted by Crippen LogP contribution is -2.12. The van der Waals surface area contributed by atoms with E-state index in [9.17, 15) is 0 Å². The van der Waals surface area contributed by atoms with Gasteiger partial charge in [-0.15, -0.1) is 0 Å². The van der Waals surface area contributed by atoms with E-state index in [1.807, 2.05) is 0 Å². The molecule has 0 bridgehead atoms. The number of anilines is 6. The van der Waals surface area contributed by atoms with Crippen molar-refractivity contribution in [2.45, 2.75) is 83.1 Å². The topological polar surface area (TPSA) is 32.8 Å². The molecular weight excluding hydrogens is 805 g/mol. The Morgan fingerprint density at radius 3 is 0.833 bits per heavy atom. The van der Waals surface area contributed by atoms with Crippen LogP contribution in [0.15, 0.2) is 130 Å². The zero-order valence-electron chi connectivity index (χ0n) is 40.3. The second-order valence-electron chi connectivity index (χ2n) is 19.3. The van der Waals surface area contributed by atoms with E-state index < -0.39 is 0 Å². The second-order valence-corrected chi connectivity index (χ2v) is 19.3. The molecule has 326 valence electrons. The van der Waals surface area contributed by atoms with Crippen LogP contribution in [0.25, 0.3) is 65.4 Å². The van der Waals surface area contributed by atoms with E-state index in [0.29, 0.717) is 0 Å². The van der Waals surface area contributed by atoms with Crippen LogP contribution in [-0.2, 0) is 0 Å². The maximum Gasteiger partial charge on any atom is 0.136 e. The van der Waals surface area contributed by atoms with Crippen molar-refractivity contribution in [2.75, 3.05) is 9.80 Å². The van der Waals surface area contributed by atoms with Crippen LogP contribution in [0.3, 0.4) is 0 Å². The largest absolute Gasteiger partial charge is 0.456 e. The van der Waals surface area contributed by atoms with Crippen LogP contribution in [0, 0.1) is 83.1 Å². The Bertz CT molecular complexity index is 3400. The molecule has 0 atom stereocenters. The lowest BCUT2D eigenvalue weighted by Gasteiger charge is -2.28. The van der Waals surface area contributed by atoms with E-state index in [-0.39, 0.29) is 0 Å². The molecule has 0 unspecified atom stereocenters. The molecule has 0 radical (unpaired) electrons. The number of furan rings is 2. The predicted molar refractivity (Wildman–Crippen MR) is 282 cm³/mol. The van der Waals surface area contributed by atoms with Crippen molar-refractivity contribution in [1.29, 1.82) is 0 Å². The number of benzene rings is 9. The SMILES string of the molecule is Cc1cc(N(c2cc(C)c(C)c(C)c2)c2ccc3cc4c(cc3c2)oc2ccc3oc5cc6cc(N(c7cc(C)c(C)c(C)c7)c7cc(C)c(C)c(C)c7)ccc6cc5c3c24)cc(C)c1C. The minimum absolute atomic E-state index is 0.854. The first-order valence-electron chi connectivity index (χ1n) is 23.2. The van der Waals surface area contributed by atoms with Crippen molar-refractivity contribution in [3.05, 3.63) is 188 Å². The number of aryl methyl sites for hydroxylation is 8. The first-order valence-corrected chi connectivity index (χ1v) is 23.2. The number of hydrogen-bond acceptors (Lipinski definition) is 4. The summed E-state index contributed by atoms with van der Waals surface area (Å²) in [6, 6.07) is 45.4. The van der Waals surface area contributed by atoms with E-state index in [2.05, 4.69) is 214 Å². The van der Waals surface area contributed by atoms with E-state index >= 15 is 0 Å². The van der Waals surface area contributed by atoms with E-state index in [0.717, 1.165) is 99.5 Å². The highest BCUT2D eigenvalue weighted by Crippen LogP contribution is 2.45. The molecule has 66 heavy (non-hydrogen) atoms. The third-order valence-corrected chi connectivity index (χ3v) is 15.1. The monoisotopic (exact) mass is 860 g/mol. The van der Waals surface area contributed by atoms with Crippen LogP contribution in [0.1, 0.15) is 66.8 Å². The molecule has 0 fully saturated rings. The summed E-state index contributed by atoms with van der Waals surface area (Å²) in [5, 5.41) is 8.91. The summed E-state index contributed by atoms with van der Waals surface area (Å²) in [7, 11) is 0. The Balaban J connectivity index is 1.05. The van der Waals surface area contributed by atoms with Gasteiger partial charge in [0.25, 0.3) is 0 Å². The summed E-state index contributed by atoms with van der Waals surface area (Å²) in [6.07, 6.45) is 0. The number of fused-ring (bicyclic) bond motifs is 9. The first-order chi connectivity index (χ1) is 31.6. The van der Waals surface area contributed by atoms with Gasteiger partial charge < -0.3 is 18.6 Å². The van der Waals surface area contributed by atoms with Crippen LogP contribution in [0.5, 0.6) is 0 Å². The minimum Gasteiger partial charge on any atom is -0.456 e. The molecule has 2 aromatic heterocycles. The Morgan fingerprint density at radius 2 is 0.545 bits per heavy atom. The van der Waals surface area contributed by atoms with Crippen molar-refractivity contribution in [1.82, 2.24) is 0 Å². The Kier molecular flexibility index (Phi) is 9.50. The lowest BCUT2D eigenvalue weighted by molar-refractivity contribution is 0.663. The zero-order chi connectivity index (χ0) is 46.0. The van der Waals surface area contributed by atoms with Crippen molar-refractivity contribution in [2.24, 2.45) is 0 Å². The average Bonchev–Trinajstić information content (AvgIpc) is 3.83. The molecule has 0 aliphatic carbocycles. The van der Waals surface area contributed by atoms with E-state index in [1.165, 1.54) is 66.8 Å². The number of nitrogens with zero attached hydrogens (tertiary/aromatic N) is 2. The quantitative estimate of drug-likeness (QED) is 0.167. The molecule has 0 aliphatic heterocycles. The van der Waals surface area contributed by atoms with E-state index in [1.54, 1.807) is 0 Å². The molecule has 11 aromatic rings. The van der Waals surface area contributed by atoms with Gasteiger partial charge in [-0.1, -0.05) is 12.1 Å². The number of rotatable bonds is 6. The summed E-state index contributed by atoms with van der Waals surface area (Å²) in [6.45, 7) is 26.5. The molecule has 0 spiro atoms. The van der Waals surface area contributed by atoms with Gasteiger partial charge in [0.1, 0.15) is 22.3 Å². The molecule has 0 aliphatic rings. The number of hydrogen-bond donors (Lipinski definition) is 0. The van der Waals surface area contributed by atoms with Gasteiger partial charge >= 0.3 is 0 Å². The molecule has 4 heteroatoms. The molecule has 0 N–H and O–H groups in total. The smallest absolute Gasteiger partial charge is 0.136 e. The Hall–Kier alpha value is -7.30. The average molecular weight is 861 g/mol. The summed E-state index contributed by atoms with van der Waals surface area (Å²) >= 11 is 0. The van der Waals surface area contributed by atoms with Gasteiger partial charge in [0.05, 0.1) is 0 Å². The summed E-state index contributed by atoms with van der Waals surface area (Å²) in [5.74, 6) is 0. The molecule has 9 aromatic carbocycles. The fourth-order valence-corrected chi connectivity index (χ4v) is 10.3. The predicted octanol–water partition coefficient (Wildman–Crippen LogP) is 18.4. The van der Waals surface area contributed by atoms with Crippen LogP contribution in [0.2, 0.25) is 0 Å².